The Morgan fingerprint density at radius 2 is 1.96 bits per heavy atom. The molecule has 3 rings (SSSR count). The summed E-state index contributed by atoms with van der Waals surface area (Å²) in [6, 6.07) is 7.55. The second kappa shape index (κ2) is 6.78. The molecule has 0 unspecified atom stereocenters. The molecule has 0 spiro atoms. The first-order chi connectivity index (χ1) is 12.3. The summed E-state index contributed by atoms with van der Waals surface area (Å²) in [7, 11) is 3.44. The van der Waals surface area contributed by atoms with Crippen molar-refractivity contribution in [3.63, 3.8) is 0 Å². The minimum atomic E-state index is -0.195. The molecule has 0 saturated carbocycles. The fourth-order valence-electron chi connectivity index (χ4n) is 3.05. The highest BCUT2D eigenvalue weighted by Crippen LogP contribution is 2.29. The van der Waals surface area contributed by atoms with Crippen LogP contribution in [0.15, 0.2) is 24.3 Å². The van der Waals surface area contributed by atoms with Crippen LogP contribution in [0, 0.1) is 13.8 Å². The summed E-state index contributed by atoms with van der Waals surface area (Å²) in [6.07, 6.45) is 0. The second-order valence-corrected chi connectivity index (χ2v) is 6.81. The van der Waals surface area contributed by atoms with Gasteiger partial charge in [-0.05, 0) is 43.5 Å². The van der Waals surface area contributed by atoms with Gasteiger partial charge in [-0.25, -0.2) is 4.98 Å². The molecule has 0 atom stereocenters. The Morgan fingerprint density at radius 1 is 1.23 bits per heavy atom. The molecular weight excluding hydrogens is 328 g/mol. The number of aryl methyl sites for hydroxylation is 3. The minimum absolute atomic E-state index is 0.195. The summed E-state index contributed by atoms with van der Waals surface area (Å²) < 4.78 is 7.09. The molecule has 0 bridgehead atoms. The summed E-state index contributed by atoms with van der Waals surface area (Å²) in [5.74, 6) is 0.634. The van der Waals surface area contributed by atoms with E-state index < -0.39 is 0 Å². The first-order valence-electron chi connectivity index (χ1n) is 8.62. The van der Waals surface area contributed by atoms with Crippen molar-refractivity contribution in [1.29, 1.82) is 0 Å². The number of anilines is 1. The van der Waals surface area contributed by atoms with E-state index in [2.05, 4.69) is 29.2 Å². The van der Waals surface area contributed by atoms with Crippen molar-refractivity contribution in [3.05, 3.63) is 46.8 Å². The van der Waals surface area contributed by atoms with E-state index >= 15 is 0 Å². The highest BCUT2D eigenvalue weighted by atomic mass is 16.5. The minimum Gasteiger partial charge on any atom is -0.495 e. The number of rotatable bonds is 4. The number of benzene rings is 1. The molecule has 0 aliphatic carbocycles. The first-order valence-corrected chi connectivity index (χ1v) is 8.62. The Bertz CT molecular complexity index is 989. The van der Waals surface area contributed by atoms with Gasteiger partial charge in [-0.2, -0.15) is 5.10 Å². The Morgan fingerprint density at radius 3 is 2.62 bits per heavy atom. The van der Waals surface area contributed by atoms with Gasteiger partial charge in [0.15, 0.2) is 5.65 Å². The third-order valence-corrected chi connectivity index (χ3v) is 4.43. The maximum atomic E-state index is 13.1. The number of carbonyl (C=O) groups excluding carboxylic acids is 1. The van der Waals surface area contributed by atoms with Gasteiger partial charge in [0.1, 0.15) is 5.75 Å². The van der Waals surface area contributed by atoms with E-state index in [9.17, 15) is 4.79 Å². The van der Waals surface area contributed by atoms with Gasteiger partial charge in [0, 0.05) is 12.7 Å². The number of nitrogens with one attached hydrogen (secondary N) is 1. The predicted octanol–water partition coefficient (Wildman–Crippen LogP) is 3.97. The van der Waals surface area contributed by atoms with Crippen LogP contribution in [0.4, 0.5) is 5.69 Å². The van der Waals surface area contributed by atoms with Gasteiger partial charge in [0.25, 0.3) is 5.91 Å². The maximum Gasteiger partial charge on any atom is 0.256 e. The number of carbonyl (C=O) groups is 1. The van der Waals surface area contributed by atoms with E-state index in [0.717, 1.165) is 28.0 Å². The maximum absolute atomic E-state index is 13.1. The van der Waals surface area contributed by atoms with Crippen molar-refractivity contribution >= 4 is 22.6 Å². The van der Waals surface area contributed by atoms with Crippen molar-refractivity contribution in [3.8, 4) is 5.75 Å². The molecule has 1 aromatic carbocycles. The third-order valence-electron chi connectivity index (χ3n) is 4.43. The highest BCUT2D eigenvalue weighted by Gasteiger charge is 2.20. The molecule has 26 heavy (non-hydrogen) atoms. The Balaban J connectivity index is 2.12. The van der Waals surface area contributed by atoms with Crippen molar-refractivity contribution in [2.24, 2.45) is 7.05 Å². The predicted molar refractivity (Wildman–Crippen MR) is 103 cm³/mol. The average Bonchev–Trinajstić information content (AvgIpc) is 2.88. The molecule has 0 fully saturated rings. The fraction of sp³-hybridized carbons (Fsp3) is 0.350. The number of hydrogen-bond donors (Lipinski definition) is 1. The quantitative estimate of drug-likeness (QED) is 0.771. The molecule has 136 valence electrons. The number of aromatic nitrogens is 3. The van der Waals surface area contributed by atoms with Crippen molar-refractivity contribution in [2.45, 2.75) is 33.6 Å². The molecule has 2 heterocycles. The summed E-state index contributed by atoms with van der Waals surface area (Å²) >= 11 is 0. The lowest BCUT2D eigenvalue weighted by atomic mass is 10.0. The average molecular weight is 352 g/mol. The van der Waals surface area contributed by atoms with E-state index in [1.54, 1.807) is 11.8 Å². The molecule has 3 aromatic rings. The number of nitrogens with zero attached hydrogens (tertiary/aromatic N) is 3. The lowest BCUT2D eigenvalue weighted by molar-refractivity contribution is 0.102. The van der Waals surface area contributed by atoms with E-state index in [4.69, 9.17) is 4.74 Å². The first kappa shape index (κ1) is 17.9. The van der Waals surface area contributed by atoms with Crippen molar-refractivity contribution in [1.82, 2.24) is 14.8 Å². The number of methoxy groups -OCH3 is 1. The molecule has 0 saturated heterocycles. The van der Waals surface area contributed by atoms with E-state index in [0.29, 0.717) is 17.0 Å². The monoisotopic (exact) mass is 352 g/mol. The van der Waals surface area contributed by atoms with Gasteiger partial charge in [0.2, 0.25) is 0 Å². The van der Waals surface area contributed by atoms with Crippen LogP contribution in [0.25, 0.3) is 11.0 Å². The molecular formula is C20H24N4O2. The fourth-order valence-corrected chi connectivity index (χ4v) is 3.05. The second-order valence-electron chi connectivity index (χ2n) is 6.81. The Kier molecular flexibility index (Phi) is 4.68. The van der Waals surface area contributed by atoms with Gasteiger partial charge >= 0.3 is 0 Å². The number of ether oxygens (including phenoxy) is 1. The van der Waals surface area contributed by atoms with Crippen LogP contribution in [-0.4, -0.2) is 27.8 Å². The zero-order valence-corrected chi connectivity index (χ0v) is 16.0. The van der Waals surface area contributed by atoms with Gasteiger partial charge in [-0.3, -0.25) is 9.48 Å². The molecule has 2 aromatic heterocycles. The number of hydrogen-bond acceptors (Lipinski definition) is 4. The van der Waals surface area contributed by atoms with Crippen molar-refractivity contribution in [2.75, 3.05) is 12.4 Å². The largest absolute Gasteiger partial charge is 0.495 e. The van der Waals surface area contributed by atoms with Gasteiger partial charge in [0.05, 0.1) is 29.4 Å². The topological polar surface area (TPSA) is 69.0 Å². The number of fused-ring (bicyclic) bond motifs is 1. The third kappa shape index (κ3) is 3.14. The summed E-state index contributed by atoms with van der Waals surface area (Å²) in [5, 5.41) is 8.20. The lowest BCUT2D eigenvalue weighted by Gasteiger charge is -2.13. The summed E-state index contributed by atoms with van der Waals surface area (Å²) in [4.78, 5) is 17.8. The van der Waals surface area contributed by atoms with E-state index in [1.165, 1.54) is 0 Å². The van der Waals surface area contributed by atoms with Crippen molar-refractivity contribution < 1.29 is 9.53 Å². The van der Waals surface area contributed by atoms with E-state index in [-0.39, 0.29) is 11.8 Å². The highest BCUT2D eigenvalue weighted by molar-refractivity contribution is 6.13. The normalized spacial score (nSPS) is 11.2. The smallest absolute Gasteiger partial charge is 0.256 e. The SMILES string of the molecule is COc1ccc(C)cc1NC(=O)c1cc(C(C)C)nc2c1c(C)nn2C. The molecule has 0 radical (unpaired) electrons. The number of amides is 1. The zero-order chi connectivity index (χ0) is 19.0. The molecule has 1 amide bonds. The molecule has 6 nitrogen and oxygen atoms in total. The van der Waals surface area contributed by atoms with Crippen LogP contribution in [0.3, 0.4) is 0 Å². The van der Waals surface area contributed by atoms with Crippen LogP contribution >= 0.6 is 0 Å². The summed E-state index contributed by atoms with van der Waals surface area (Å²) in [6.45, 7) is 7.98. The van der Waals surface area contributed by atoms with E-state index in [1.807, 2.05) is 45.2 Å². The number of pyridine rings is 1. The molecule has 6 heteroatoms. The van der Waals surface area contributed by atoms with Crippen LogP contribution in [0.5, 0.6) is 5.75 Å². The van der Waals surface area contributed by atoms with Crippen LogP contribution < -0.4 is 10.1 Å². The van der Waals surface area contributed by atoms with Gasteiger partial charge in [-0.1, -0.05) is 19.9 Å². The lowest BCUT2D eigenvalue weighted by Crippen LogP contribution is -2.15. The van der Waals surface area contributed by atoms with Crippen LogP contribution in [-0.2, 0) is 7.05 Å². The summed E-state index contributed by atoms with van der Waals surface area (Å²) in [5.41, 5.74) is 4.63. The molecule has 0 aliphatic heterocycles. The zero-order valence-electron chi connectivity index (χ0n) is 16.0. The van der Waals surface area contributed by atoms with Crippen LogP contribution in [0.1, 0.15) is 47.1 Å². The molecule has 1 N–H and O–H groups in total. The molecule has 0 aliphatic rings. The van der Waals surface area contributed by atoms with Crippen LogP contribution in [0.2, 0.25) is 0 Å². The Labute approximate surface area is 153 Å². The van der Waals surface area contributed by atoms with Gasteiger partial charge < -0.3 is 10.1 Å². The Hall–Kier alpha value is -2.89. The van der Waals surface area contributed by atoms with Gasteiger partial charge in [-0.15, -0.1) is 0 Å². The standard InChI is InChI=1S/C20H24N4O2/c1-11(2)15-10-14(18-13(4)23-24(5)19(18)21-15)20(25)22-16-9-12(3)7-8-17(16)26-6/h7-11H,1-6H3,(H,22,25).